The molecule has 3 rings (SSSR count). The first-order chi connectivity index (χ1) is 12.1. The lowest BCUT2D eigenvalue weighted by Gasteiger charge is -2.26. The summed E-state index contributed by atoms with van der Waals surface area (Å²) in [5, 5.41) is 0. The van der Waals surface area contributed by atoms with Gasteiger partial charge in [0.1, 0.15) is 0 Å². The van der Waals surface area contributed by atoms with Gasteiger partial charge < -0.3 is 4.90 Å². The average Bonchev–Trinajstić information content (AvgIpc) is 2.67. The standard InChI is InChI=1S/C22H22N2O/c1-16-8-4-5-9-19(16)20-10-6-7-11-21(20)22(25)24(3)17(2)18-12-14-23-15-13-18/h4-15,17H,1-3H3/t17-/m1/s1. The maximum Gasteiger partial charge on any atom is 0.254 e. The van der Waals surface area contributed by atoms with E-state index in [1.165, 1.54) is 0 Å². The number of hydrogen-bond acceptors (Lipinski definition) is 2. The fourth-order valence-corrected chi connectivity index (χ4v) is 3.01. The Labute approximate surface area is 149 Å². The van der Waals surface area contributed by atoms with Crippen LogP contribution in [0.5, 0.6) is 0 Å². The zero-order chi connectivity index (χ0) is 17.8. The Morgan fingerprint density at radius 2 is 1.52 bits per heavy atom. The molecule has 25 heavy (non-hydrogen) atoms. The van der Waals surface area contributed by atoms with Gasteiger partial charge in [-0.1, -0.05) is 42.5 Å². The second-order valence-corrected chi connectivity index (χ2v) is 6.23. The van der Waals surface area contributed by atoms with Crippen LogP contribution in [0.15, 0.2) is 73.1 Å². The van der Waals surface area contributed by atoms with Gasteiger partial charge in [-0.05, 0) is 54.3 Å². The van der Waals surface area contributed by atoms with Crippen molar-refractivity contribution in [2.45, 2.75) is 19.9 Å². The molecule has 0 spiro atoms. The van der Waals surface area contributed by atoms with Gasteiger partial charge in [0, 0.05) is 25.0 Å². The topological polar surface area (TPSA) is 33.2 Å². The number of nitrogens with zero attached hydrogens (tertiary/aromatic N) is 2. The van der Waals surface area contributed by atoms with Gasteiger partial charge in [-0.15, -0.1) is 0 Å². The Kier molecular flexibility index (Phi) is 4.94. The minimum atomic E-state index is -0.0274. The quantitative estimate of drug-likeness (QED) is 0.682. The molecule has 0 saturated heterocycles. The lowest BCUT2D eigenvalue weighted by molar-refractivity contribution is 0.0743. The van der Waals surface area contributed by atoms with Crippen LogP contribution in [0.1, 0.15) is 34.5 Å². The van der Waals surface area contributed by atoms with Gasteiger partial charge in [-0.25, -0.2) is 0 Å². The van der Waals surface area contributed by atoms with Crippen LogP contribution in [0.3, 0.4) is 0 Å². The SMILES string of the molecule is Cc1ccccc1-c1ccccc1C(=O)N(C)[C@H](C)c1ccncc1. The summed E-state index contributed by atoms with van der Waals surface area (Å²) in [6.45, 7) is 4.10. The molecule has 0 fully saturated rings. The van der Waals surface area contributed by atoms with E-state index >= 15 is 0 Å². The minimum absolute atomic E-state index is 0.0168. The Balaban J connectivity index is 1.97. The van der Waals surface area contributed by atoms with Crippen molar-refractivity contribution >= 4 is 5.91 Å². The highest BCUT2D eigenvalue weighted by Crippen LogP contribution is 2.29. The molecule has 0 N–H and O–H groups in total. The van der Waals surface area contributed by atoms with Gasteiger partial charge in [-0.3, -0.25) is 9.78 Å². The average molecular weight is 330 g/mol. The fraction of sp³-hybridized carbons (Fsp3) is 0.182. The number of aromatic nitrogens is 1. The molecular formula is C22H22N2O. The van der Waals surface area contributed by atoms with E-state index in [1.54, 1.807) is 17.3 Å². The lowest BCUT2D eigenvalue weighted by atomic mass is 9.95. The summed E-state index contributed by atoms with van der Waals surface area (Å²) in [5.74, 6) is 0.0168. The number of rotatable bonds is 4. The van der Waals surface area contributed by atoms with Crippen LogP contribution in [0.4, 0.5) is 0 Å². The molecule has 0 radical (unpaired) electrons. The van der Waals surface area contributed by atoms with Crippen LogP contribution in [0.2, 0.25) is 0 Å². The van der Waals surface area contributed by atoms with Crippen molar-refractivity contribution < 1.29 is 4.79 Å². The highest BCUT2D eigenvalue weighted by molar-refractivity contribution is 6.01. The molecule has 0 saturated carbocycles. The predicted octanol–water partition coefficient (Wildman–Crippen LogP) is 4.89. The molecule has 3 aromatic rings. The first-order valence-electron chi connectivity index (χ1n) is 8.41. The molecule has 1 amide bonds. The Morgan fingerprint density at radius 1 is 0.920 bits per heavy atom. The first-order valence-corrected chi connectivity index (χ1v) is 8.41. The van der Waals surface area contributed by atoms with Gasteiger partial charge in [-0.2, -0.15) is 0 Å². The molecule has 0 aliphatic rings. The van der Waals surface area contributed by atoms with E-state index in [9.17, 15) is 4.79 Å². The number of carbonyl (C=O) groups excluding carboxylic acids is 1. The third-order valence-corrected chi connectivity index (χ3v) is 4.68. The second kappa shape index (κ2) is 7.31. The number of pyridine rings is 1. The second-order valence-electron chi connectivity index (χ2n) is 6.23. The van der Waals surface area contributed by atoms with Crippen molar-refractivity contribution in [3.63, 3.8) is 0 Å². The smallest absolute Gasteiger partial charge is 0.254 e. The Hall–Kier alpha value is -2.94. The molecule has 1 atom stereocenters. The van der Waals surface area contributed by atoms with Crippen molar-refractivity contribution in [2.24, 2.45) is 0 Å². The molecular weight excluding hydrogens is 308 g/mol. The summed E-state index contributed by atoms with van der Waals surface area (Å²) in [4.78, 5) is 19.0. The molecule has 3 nitrogen and oxygen atoms in total. The summed E-state index contributed by atoms with van der Waals surface area (Å²) in [5.41, 5.74) is 5.02. The molecule has 126 valence electrons. The lowest BCUT2D eigenvalue weighted by Crippen LogP contribution is -2.30. The van der Waals surface area contributed by atoms with Crippen LogP contribution in [-0.2, 0) is 0 Å². The summed E-state index contributed by atoms with van der Waals surface area (Å²) >= 11 is 0. The number of benzene rings is 2. The van der Waals surface area contributed by atoms with Crippen LogP contribution in [0, 0.1) is 6.92 Å². The van der Waals surface area contributed by atoms with E-state index in [4.69, 9.17) is 0 Å². The molecule has 2 aromatic carbocycles. The Morgan fingerprint density at radius 3 is 2.20 bits per heavy atom. The molecule has 1 heterocycles. The molecule has 0 bridgehead atoms. The maximum atomic E-state index is 13.2. The normalized spacial score (nSPS) is 11.8. The van der Waals surface area contributed by atoms with Crippen LogP contribution >= 0.6 is 0 Å². The minimum Gasteiger partial charge on any atom is -0.335 e. The summed E-state index contributed by atoms with van der Waals surface area (Å²) in [6.07, 6.45) is 3.51. The zero-order valence-corrected chi connectivity index (χ0v) is 14.8. The van der Waals surface area contributed by atoms with Crippen LogP contribution < -0.4 is 0 Å². The molecule has 0 aliphatic carbocycles. The van der Waals surface area contributed by atoms with E-state index in [-0.39, 0.29) is 11.9 Å². The van der Waals surface area contributed by atoms with Crippen molar-refractivity contribution in [1.29, 1.82) is 0 Å². The van der Waals surface area contributed by atoms with Crippen molar-refractivity contribution in [1.82, 2.24) is 9.88 Å². The van der Waals surface area contributed by atoms with Crippen LogP contribution in [-0.4, -0.2) is 22.8 Å². The largest absolute Gasteiger partial charge is 0.335 e. The third-order valence-electron chi connectivity index (χ3n) is 4.68. The van der Waals surface area contributed by atoms with Gasteiger partial charge >= 0.3 is 0 Å². The van der Waals surface area contributed by atoms with Gasteiger partial charge in [0.15, 0.2) is 0 Å². The first kappa shape index (κ1) is 16.9. The summed E-state index contributed by atoms with van der Waals surface area (Å²) in [7, 11) is 1.85. The van der Waals surface area contributed by atoms with E-state index in [1.807, 2.05) is 62.5 Å². The summed E-state index contributed by atoms with van der Waals surface area (Å²) in [6, 6.07) is 19.8. The third kappa shape index (κ3) is 3.45. The van der Waals surface area contributed by atoms with E-state index in [0.29, 0.717) is 0 Å². The molecule has 0 unspecified atom stereocenters. The van der Waals surface area contributed by atoms with Crippen molar-refractivity contribution in [2.75, 3.05) is 7.05 Å². The van der Waals surface area contributed by atoms with Gasteiger partial charge in [0.2, 0.25) is 0 Å². The maximum absolute atomic E-state index is 13.2. The molecule has 0 aliphatic heterocycles. The van der Waals surface area contributed by atoms with E-state index in [0.717, 1.165) is 27.8 Å². The number of aryl methyl sites for hydroxylation is 1. The van der Waals surface area contributed by atoms with Gasteiger partial charge in [0.05, 0.1) is 6.04 Å². The Bertz CT molecular complexity index is 874. The molecule has 3 heteroatoms. The number of amides is 1. The highest BCUT2D eigenvalue weighted by atomic mass is 16.2. The monoisotopic (exact) mass is 330 g/mol. The highest BCUT2D eigenvalue weighted by Gasteiger charge is 2.21. The van der Waals surface area contributed by atoms with E-state index < -0.39 is 0 Å². The van der Waals surface area contributed by atoms with Gasteiger partial charge in [0.25, 0.3) is 5.91 Å². The predicted molar refractivity (Wildman–Crippen MR) is 101 cm³/mol. The van der Waals surface area contributed by atoms with E-state index in [2.05, 4.69) is 24.0 Å². The molecule has 1 aromatic heterocycles. The number of hydrogen-bond donors (Lipinski definition) is 0. The zero-order valence-electron chi connectivity index (χ0n) is 14.8. The van der Waals surface area contributed by atoms with Crippen LogP contribution in [0.25, 0.3) is 11.1 Å². The van der Waals surface area contributed by atoms with Crippen molar-refractivity contribution in [3.8, 4) is 11.1 Å². The van der Waals surface area contributed by atoms with Crippen molar-refractivity contribution in [3.05, 3.63) is 89.7 Å². The fourth-order valence-electron chi connectivity index (χ4n) is 3.01. The summed E-state index contributed by atoms with van der Waals surface area (Å²) < 4.78 is 0. The number of carbonyl (C=O) groups is 1.